The minimum absolute atomic E-state index is 0.0831. The first-order chi connectivity index (χ1) is 11.6. The van der Waals surface area contributed by atoms with Crippen molar-refractivity contribution >= 4 is 23.5 Å². The van der Waals surface area contributed by atoms with Gasteiger partial charge in [-0.25, -0.2) is 4.98 Å². The second kappa shape index (κ2) is 7.83. The Morgan fingerprint density at radius 2 is 2.25 bits per heavy atom. The number of aromatic nitrogens is 5. The van der Waals surface area contributed by atoms with Gasteiger partial charge in [0.2, 0.25) is 11.1 Å². The van der Waals surface area contributed by atoms with E-state index in [1.807, 2.05) is 20.0 Å². The van der Waals surface area contributed by atoms with Gasteiger partial charge in [0.25, 0.3) is 0 Å². The lowest BCUT2D eigenvalue weighted by atomic mass is 10.0. The molecule has 0 bridgehead atoms. The van der Waals surface area contributed by atoms with Crippen molar-refractivity contribution in [2.24, 2.45) is 13.0 Å². The summed E-state index contributed by atoms with van der Waals surface area (Å²) in [5, 5.41) is 14.9. The summed E-state index contributed by atoms with van der Waals surface area (Å²) >= 11 is 1.34. The van der Waals surface area contributed by atoms with Crippen molar-refractivity contribution in [3.8, 4) is 0 Å². The second-order valence-electron chi connectivity index (χ2n) is 6.39. The summed E-state index contributed by atoms with van der Waals surface area (Å²) in [5.74, 6) is 2.67. The van der Waals surface area contributed by atoms with Gasteiger partial charge in [-0.1, -0.05) is 37.4 Å². The van der Waals surface area contributed by atoms with Crippen LogP contribution < -0.4 is 5.32 Å². The molecule has 2 aromatic heterocycles. The number of aryl methyl sites for hydroxylation is 3. The lowest BCUT2D eigenvalue weighted by molar-refractivity contribution is -0.113. The number of anilines is 1. The Morgan fingerprint density at radius 1 is 1.46 bits per heavy atom. The van der Waals surface area contributed by atoms with E-state index in [1.165, 1.54) is 43.9 Å². The minimum Gasteiger partial charge on any atom is -0.310 e. The first-order valence-corrected chi connectivity index (χ1v) is 9.43. The Labute approximate surface area is 146 Å². The molecule has 1 aliphatic rings. The lowest BCUT2D eigenvalue weighted by Gasteiger charge is -2.05. The highest BCUT2D eigenvalue weighted by Gasteiger charge is 2.16. The fraction of sp³-hybridized carbons (Fsp3) is 0.625. The molecule has 0 saturated heterocycles. The number of carbonyl (C=O) groups is 1. The maximum absolute atomic E-state index is 12.0. The van der Waals surface area contributed by atoms with E-state index in [0.717, 1.165) is 23.9 Å². The van der Waals surface area contributed by atoms with E-state index in [4.69, 9.17) is 0 Å². The summed E-state index contributed by atoms with van der Waals surface area (Å²) in [6, 6.07) is 1.84. The molecule has 2 N–H and O–H groups in total. The number of H-pyrrole nitrogens is 1. The molecule has 2 aromatic rings. The monoisotopic (exact) mass is 348 g/mol. The summed E-state index contributed by atoms with van der Waals surface area (Å²) in [5.41, 5.74) is 0.876. The van der Waals surface area contributed by atoms with E-state index in [0.29, 0.717) is 11.0 Å². The van der Waals surface area contributed by atoms with E-state index >= 15 is 0 Å². The van der Waals surface area contributed by atoms with Crippen molar-refractivity contribution in [3.05, 3.63) is 17.6 Å². The maximum atomic E-state index is 12.0. The topological polar surface area (TPSA) is 88.5 Å². The van der Waals surface area contributed by atoms with Crippen LogP contribution in [0.3, 0.4) is 0 Å². The normalized spacial score (nSPS) is 15.1. The SMILES string of the molecule is Cc1cc(NC(=O)CSc2n[nH]c(CCC3CCCC3)n2)n(C)n1. The smallest absolute Gasteiger partial charge is 0.235 e. The van der Waals surface area contributed by atoms with Crippen LogP contribution in [0.1, 0.15) is 43.6 Å². The number of aromatic amines is 1. The molecule has 0 radical (unpaired) electrons. The van der Waals surface area contributed by atoms with E-state index in [-0.39, 0.29) is 11.7 Å². The van der Waals surface area contributed by atoms with Gasteiger partial charge in [0.1, 0.15) is 11.6 Å². The zero-order valence-electron chi connectivity index (χ0n) is 14.2. The quantitative estimate of drug-likeness (QED) is 0.751. The van der Waals surface area contributed by atoms with Crippen LogP contribution in [-0.4, -0.2) is 36.6 Å². The number of hydrogen-bond donors (Lipinski definition) is 2. The predicted molar refractivity (Wildman–Crippen MR) is 94.0 cm³/mol. The Balaban J connectivity index is 1.42. The molecule has 8 heteroatoms. The first-order valence-electron chi connectivity index (χ1n) is 8.44. The molecule has 1 aliphatic carbocycles. The molecular weight excluding hydrogens is 324 g/mol. The predicted octanol–water partition coefficient (Wildman–Crippen LogP) is 2.70. The molecule has 1 amide bonds. The zero-order chi connectivity index (χ0) is 16.9. The Morgan fingerprint density at radius 3 is 2.96 bits per heavy atom. The highest BCUT2D eigenvalue weighted by atomic mass is 32.2. The van der Waals surface area contributed by atoms with Crippen LogP contribution >= 0.6 is 11.8 Å². The number of rotatable bonds is 7. The molecule has 1 saturated carbocycles. The number of nitrogens with zero attached hydrogens (tertiary/aromatic N) is 4. The van der Waals surface area contributed by atoms with Gasteiger partial charge in [-0.3, -0.25) is 14.6 Å². The molecule has 7 nitrogen and oxygen atoms in total. The van der Waals surface area contributed by atoms with E-state index in [1.54, 1.807) is 4.68 Å². The lowest BCUT2D eigenvalue weighted by Crippen LogP contribution is -2.16. The van der Waals surface area contributed by atoms with Crippen LogP contribution in [0, 0.1) is 12.8 Å². The number of carbonyl (C=O) groups excluding carboxylic acids is 1. The van der Waals surface area contributed by atoms with Gasteiger partial charge in [0.05, 0.1) is 11.4 Å². The number of nitrogens with one attached hydrogen (secondary N) is 2. The molecule has 0 aromatic carbocycles. The highest BCUT2D eigenvalue weighted by molar-refractivity contribution is 7.99. The average molecular weight is 348 g/mol. The van der Waals surface area contributed by atoms with Gasteiger partial charge in [0, 0.05) is 19.5 Å². The van der Waals surface area contributed by atoms with Crippen molar-refractivity contribution < 1.29 is 4.79 Å². The van der Waals surface area contributed by atoms with Crippen molar-refractivity contribution in [3.63, 3.8) is 0 Å². The average Bonchev–Trinajstić information content (AvgIpc) is 3.26. The molecule has 0 spiro atoms. The van der Waals surface area contributed by atoms with E-state index in [2.05, 4.69) is 25.6 Å². The molecule has 130 valence electrons. The van der Waals surface area contributed by atoms with Crippen molar-refractivity contribution in [1.29, 1.82) is 0 Å². The summed E-state index contributed by atoms with van der Waals surface area (Å²) in [6.07, 6.45) is 7.56. The van der Waals surface area contributed by atoms with Gasteiger partial charge in [-0.15, -0.1) is 5.10 Å². The van der Waals surface area contributed by atoms with Gasteiger partial charge in [-0.05, 0) is 19.3 Å². The summed E-state index contributed by atoms with van der Waals surface area (Å²) in [6.45, 7) is 1.89. The third-order valence-corrected chi connectivity index (χ3v) is 5.22. The largest absolute Gasteiger partial charge is 0.310 e. The number of amides is 1. The number of thioether (sulfide) groups is 1. The van der Waals surface area contributed by atoms with Crippen LogP contribution in [0.4, 0.5) is 5.82 Å². The Kier molecular flexibility index (Phi) is 5.55. The van der Waals surface area contributed by atoms with Crippen molar-refractivity contribution in [1.82, 2.24) is 25.0 Å². The van der Waals surface area contributed by atoms with Crippen molar-refractivity contribution in [2.75, 3.05) is 11.1 Å². The van der Waals surface area contributed by atoms with Crippen LogP contribution in [-0.2, 0) is 18.3 Å². The van der Waals surface area contributed by atoms with Crippen LogP contribution in [0.5, 0.6) is 0 Å². The molecule has 3 rings (SSSR count). The summed E-state index contributed by atoms with van der Waals surface area (Å²) in [7, 11) is 1.81. The standard InChI is InChI=1S/C16H24N6OS/c1-11-9-14(22(2)21-11)18-15(23)10-24-16-17-13(19-20-16)8-7-12-5-3-4-6-12/h9,12H,3-8,10H2,1-2H3,(H,18,23)(H,17,19,20). The molecule has 24 heavy (non-hydrogen) atoms. The molecule has 0 atom stereocenters. The molecular formula is C16H24N6OS. The van der Waals surface area contributed by atoms with E-state index in [9.17, 15) is 4.79 Å². The van der Waals surface area contributed by atoms with Gasteiger partial charge in [0.15, 0.2) is 0 Å². The molecule has 0 unspecified atom stereocenters. The Hall–Kier alpha value is -1.83. The maximum Gasteiger partial charge on any atom is 0.235 e. The molecule has 0 aliphatic heterocycles. The third kappa shape index (κ3) is 4.59. The minimum atomic E-state index is -0.0831. The van der Waals surface area contributed by atoms with Crippen LogP contribution in [0.25, 0.3) is 0 Å². The number of hydrogen-bond acceptors (Lipinski definition) is 5. The molecule has 2 heterocycles. The zero-order valence-corrected chi connectivity index (χ0v) is 15.0. The van der Waals surface area contributed by atoms with E-state index < -0.39 is 0 Å². The van der Waals surface area contributed by atoms with Crippen LogP contribution in [0.15, 0.2) is 11.2 Å². The Bertz CT molecular complexity index is 689. The van der Waals surface area contributed by atoms with Gasteiger partial charge in [-0.2, -0.15) is 5.10 Å². The summed E-state index contributed by atoms with van der Waals surface area (Å²) < 4.78 is 1.66. The second-order valence-corrected chi connectivity index (χ2v) is 7.33. The van der Waals surface area contributed by atoms with Crippen molar-refractivity contribution in [2.45, 2.75) is 50.6 Å². The van der Waals surface area contributed by atoms with Gasteiger partial charge >= 0.3 is 0 Å². The third-order valence-electron chi connectivity index (χ3n) is 4.38. The highest BCUT2D eigenvalue weighted by Crippen LogP contribution is 2.28. The molecule has 1 fully saturated rings. The fourth-order valence-corrected chi connectivity index (χ4v) is 3.75. The summed E-state index contributed by atoms with van der Waals surface area (Å²) in [4.78, 5) is 16.5. The fourth-order valence-electron chi connectivity index (χ4n) is 3.13. The first kappa shape index (κ1) is 17.0. The van der Waals surface area contributed by atoms with Crippen LogP contribution in [0.2, 0.25) is 0 Å². The van der Waals surface area contributed by atoms with Gasteiger partial charge < -0.3 is 5.32 Å².